The van der Waals surface area contributed by atoms with Crippen molar-refractivity contribution in [1.82, 2.24) is 9.88 Å². The molecular formula is C24H33N3O5S. The van der Waals surface area contributed by atoms with E-state index in [9.17, 15) is 18.0 Å². The Morgan fingerprint density at radius 3 is 2.42 bits per heavy atom. The number of carbonyl (C=O) groups excluding carboxylic acids is 2. The van der Waals surface area contributed by atoms with E-state index in [1.165, 1.54) is 18.6 Å². The van der Waals surface area contributed by atoms with Gasteiger partial charge in [-0.25, -0.2) is 18.4 Å². The van der Waals surface area contributed by atoms with Crippen molar-refractivity contribution in [2.24, 2.45) is 11.1 Å². The van der Waals surface area contributed by atoms with Crippen LogP contribution in [0.5, 0.6) is 0 Å². The summed E-state index contributed by atoms with van der Waals surface area (Å²) in [6, 6.07) is 8.16. The minimum atomic E-state index is -3.75. The third-order valence-corrected chi connectivity index (χ3v) is 7.41. The van der Waals surface area contributed by atoms with Crippen LogP contribution in [0.2, 0.25) is 0 Å². The summed E-state index contributed by atoms with van der Waals surface area (Å²) in [5.41, 5.74) is 2.82. The third kappa shape index (κ3) is 6.03. The van der Waals surface area contributed by atoms with Gasteiger partial charge in [-0.2, -0.15) is 0 Å². The largest absolute Gasteiger partial charge is 0.449 e. The molecule has 3 unspecified atom stereocenters. The maximum Gasteiger partial charge on any atom is 0.340 e. The molecule has 0 saturated heterocycles. The lowest BCUT2D eigenvalue weighted by molar-refractivity contribution is -0.130. The fraction of sp³-hybridized carbons (Fsp3) is 0.500. The van der Waals surface area contributed by atoms with Crippen LogP contribution in [0.3, 0.4) is 0 Å². The van der Waals surface area contributed by atoms with Crippen molar-refractivity contribution in [3.63, 3.8) is 0 Å². The van der Waals surface area contributed by atoms with Crippen LogP contribution in [0.1, 0.15) is 66.8 Å². The molecule has 180 valence electrons. The van der Waals surface area contributed by atoms with E-state index in [2.05, 4.69) is 12.2 Å². The molecule has 1 fully saturated rings. The SMILES string of the molecule is Cc1cc(C(=O)OC(C)C(=O)NC2CCCCC2C)c(C)n1Cc1ccc(S(N)(=O)=O)cc1. The van der Waals surface area contributed by atoms with Crippen LogP contribution in [0.25, 0.3) is 0 Å². The fourth-order valence-electron chi connectivity index (χ4n) is 4.33. The number of esters is 1. The summed E-state index contributed by atoms with van der Waals surface area (Å²) in [4.78, 5) is 25.4. The minimum Gasteiger partial charge on any atom is -0.449 e. The number of nitrogens with one attached hydrogen (secondary N) is 1. The second kappa shape index (κ2) is 10.1. The molecule has 1 aliphatic rings. The van der Waals surface area contributed by atoms with Gasteiger partial charge in [0.1, 0.15) is 0 Å². The number of sulfonamides is 1. The molecule has 1 aliphatic carbocycles. The molecule has 3 N–H and O–H groups in total. The Bertz CT molecular complexity index is 1120. The quantitative estimate of drug-likeness (QED) is 0.596. The van der Waals surface area contributed by atoms with Crippen molar-refractivity contribution < 1.29 is 22.7 Å². The average molecular weight is 476 g/mol. The zero-order valence-corrected chi connectivity index (χ0v) is 20.4. The molecule has 33 heavy (non-hydrogen) atoms. The molecule has 1 saturated carbocycles. The van der Waals surface area contributed by atoms with Crippen LogP contribution >= 0.6 is 0 Å². The third-order valence-electron chi connectivity index (χ3n) is 6.48. The molecule has 2 aromatic rings. The van der Waals surface area contributed by atoms with E-state index >= 15 is 0 Å². The van der Waals surface area contributed by atoms with Gasteiger partial charge in [0.15, 0.2) is 6.10 Å². The minimum absolute atomic E-state index is 0.0475. The zero-order chi connectivity index (χ0) is 24.3. The van der Waals surface area contributed by atoms with E-state index in [1.807, 2.05) is 18.4 Å². The van der Waals surface area contributed by atoms with E-state index in [-0.39, 0.29) is 16.8 Å². The average Bonchev–Trinajstić information content (AvgIpc) is 3.03. The highest BCUT2D eigenvalue weighted by atomic mass is 32.2. The van der Waals surface area contributed by atoms with Gasteiger partial charge in [0.2, 0.25) is 10.0 Å². The highest BCUT2D eigenvalue weighted by molar-refractivity contribution is 7.89. The summed E-state index contributed by atoms with van der Waals surface area (Å²) in [5.74, 6) is -0.396. The van der Waals surface area contributed by atoms with Crippen LogP contribution in [0.15, 0.2) is 35.2 Å². The van der Waals surface area contributed by atoms with Gasteiger partial charge in [0.25, 0.3) is 5.91 Å². The number of hydrogen-bond acceptors (Lipinski definition) is 5. The van der Waals surface area contributed by atoms with Crippen LogP contribution in [0, 0.1) is 19.8 Å². The summed E-state index contributed by atoms with van der Waals surface area (Å²) in [6.45, 7) is 7.87. The predicted octanol–water partition coefficient (Wildman–Crippen LogP) is 3.04. The van der Waals surface area contributed by atoms with Gasteiger partial charge in [-0.15, -0.1) is 0 Å². The number of nitrogens with two attached hydrogens (primary N) is 1. The highest BCUT2D eigenvalue weighted by Crippen LogP contribution is 2.24. The molecule has 1 aromatic carbocycles. The molecule has 8 nitrogen and oxygen atoms in total. The molecule has 1 aromatic heterocycles. The fourth-order valence-corrected chi connectivity index (χ4v) is 4.84. The van der Waals surface area contributed by atoms with Crippen molar-refractivity contribution in [3.05, 3.63) is 52.8 Å². The number of primary sulfonamides is 1. The highest BCUT2D eigenvalue weighted by Gasteiger charge is 2.27. The summed E-state index contributed by atoms with van der Waals surface area (Å²) in [7, 11) is -3.75. The maximum absolute atomic E-state index is 12.8. The number of carbonyl (C=O) groups is 2. The first-order valence-electron chi connectivity index (χ1n) is 11.3. The van der Waals surface area contributed by atoms with Crippen molar-refractivity contribution in [2.75, 3.05) is 0 Å². The number of aromatic nitrogens is 1. The Balaban J connectivity index is 1.66. The van der Waals surface area contributed by atoms with Crippen LogP contribution in [0.4, 0.5) is 0 Å². The van der Waals surface area contributed by atoms with E-state index in [4.69, 9.17) is 9.88 Å². The zero-order valence-electron chi connectivity index (χ0n) is 19.6. The molecular weight excluding hydrogens is 442 g/mol. The topological polar surface area (TPSA) is 120 Å². The molecule has 0 spiro atoms. The van der Waals surface area contributed by atoms with Gasteiger partial charge in [0.05, 0.1) is 10.5 Å². The van der Waals surface area contributed by atoms with Gasteiger partial charge in [-0.05, 0) is 63.3 Å². The first-order valence-corrected chi connectivity index (χ1v) is 12.8. The lowest BCUT2D eigenvalue weighted by Crippen LogP contribution is -2.46. The molecule has 0 radical (unpaired) electrons. The number of aryl methyl sites for hydroxylation is 1. The monoisotopic (exact) mass is 475 g/mol. The number of benzene rings is 1. The summed E-state index contributed by atoms with van der Waals surface area (Å²) < 4.78 is 30.3. The second-order valence-corrected chi connectivity index (χ2v) is 10.5. The van der Waals surface area contributed by atoms with E-state index in [1.54, 1.807) is 25.1 Å². The molecule has 1 heterocycles. The van der Waals surface area contributed by atoms with E-state index in [0.29, 0.717) is 23.7 Å². The smallest absolute Gasteiger partial charge is 0.340 e. The Kier molecular flexibility index (Phi) is 7.64. The van der Waals surface area contributed by atoms with Crippen LogP contribution in [-0.2, 0) is 26.1 Å². The Labute approximate surface area is 195 Å². The van der Waals surface area contributed by atoms with Crippen LogP contribution in [-0.4, -0.2) is 37.0 Å². The lowest BCUT2D eigenvalue weighted by Gasteiger charge is -2.30. The van der Waals surface area contributed by atoms with E-state index < -0.39 is 22.1 Å². The Morgan fingerprint density at radius 2 is 1.82 bits per heavy atom. The summed E-state index contributed by atoms with van der Waals surface area (Å²) in [5, 5.41) is 8.18. The van der Waals surface area contributed by atoms with Crippen molar-refractivity contribution in [3.8, 4) is 0 Å². The van der Waals surface area contributed by atoms with Gasteiger partial charge in [-0.3, -0.25) is 4.79 Å². The number of rotatable bonds is 7. The molecule has 3 atom stereocenters. The van der Waals surface area contributed by atoms with Gasteiger partial charge in [0, 0.05) is 24.0 Å². The van der Waals surface area contributed by atoms with Crippen molar-refractivity contribution in [1.29, 1.82) is 0 Å². The second-order valence-electron chi connectivity index (χ2n) is 8.98. The van der Waals surface area contributed by atoms with Gasteiger partial charge >= 0.3 is 5.97 Å². The molecule has 0 aliphatic heterocycles. The first kappa shape index (κ1) is 25.0. The summed E-state index contributed by atoms with van der Waals surface area (Å²) >= 11 is 0. The first-order chi connectivity index (χ1) is 15.5. The Hall–Kier alpha value is -2.65. The molecule has 1 amide bonds. The number of ether oxygens (including phenoxy) is 1. The molecule has 9 heteroatoms. The van der Waals surface area contributed by atoms with Crippen molar-refractivity contribution in [2.45, 2.75) is 77.0 Å². The standard InChI is InChI=1S/C24H33N3O5S/c1-15-7-5-6-8-22(15)26-23(28)18(4)32-24(29)21-13-16(2)27(17(21)3)14-19-9-11-20(12-10-19)33(25,30)31/h9-13,15,18,22H,5-8,14H2,1-4H3,(H,26,28)(H2,25,30,31). The maximum atomic E-state index is 12.8. The predicted molar refractivity (Wildman–Crippen MR) is 125 cm³/mol. The van der Waals surface area contributed by atoms with Crippen LogP contribution < -0.4 is 10.5 Å². The van der Waals surface area contributed by atoms with Crippen molar-refractivity contribution >= 4 is 21.9 Å². The number of nitrogens with zero attached hydrogens (tertiary/aromatic N) is 1. The number of hydrogen-bond donors (Lipinski definition) is 2. The van der Waals surface area contributed by atoms with Gasteiger partial charge < -0.3 is 14.6 Å². The van der Waals surface area contributed by atoms with E-state index in [0.717, 1.165) is 30.5 Å². The Morgan fingerprint density at radius 1 is 1.18 bits per heavy atom. The van der Waals surface area contributed by atoms with Gasteiger partial charge in [-0.1, -0.05) is 31.9 Å². The normalized spacial score (nSPS) is 19.7. The summed E-state index contributed by atoms with van der Waals surface area (Å²) in [6.07, 6.45) is 3.44. The molecule has 0 bridgehead atoms. The number of amides is 1. The molecule has 3 rings (SSSR count). The lowest BCUT2D eigenvalue weighted by atomic mass is 9.86.